The van der Waals surface area contributed by atoms with Crippen molar-refractivity contribution in [2.24, 2.45) is 0 Å². The van der Waals surface area contributed by atoms with Crippen molar-refractivity contribution in [2.75, 3.05) is 18.4 Å². The molecular formula is C29H32N4. The van der Waals surface area contributed by atoms with E-state index in [1.54, 1.807) is 0 Å². The fourth-order valence-corrected chi connectivity index (χ4v) is 4.25. The van der Waals surface area contributed by atoms with Crippen LogP contribution in [-0.4, -0.2) is 28.0 Å². The summed E-state index contributed by atoms with van der Waals surface area (Å²) in [7, 11) is 0. The van der Waals surface area contributed by atoms with Crippen LogP contribution in [0, 0.1) is 0 Å². The Balaban J connectivity index is 1.73. The molecule has 0 aliphatic rings. The SMILES string of the molecule is C=C(/C=C(/C)N(CCC)CCC)Nc1nc(-c2cccc3ccccc23)nc2ccccc12. The van der Waals surface area contributed by atoms with E-state index >= 15 is 0 Å². The van der Waals surface area contributed by atoms with Crippen LogP contribution in [0.5, 0.6) is 0 Å². The van der Waals surface area contributed by atoms with Gasteiger partial charge < -0.3 is 10.2 Å². The number of rotatable bonds is 9. The van der Waals surface area contributed by atoms with Crippen molar-refractivity contribution in [2.45, 2.75) is 33.6 Å². The van der Waals surface area contributed by atoms with Crippen molar-refractivity contribution in [1.29, 1.82) is 0 Å². The minimum atomic E-state index is 0.708. The summed E-state index contributed by atoms with van der Waals surface area (Å²) in [6.45, 7) is 12.9. The zero-order valence-electron chi connectivity index (χ0n) is 19.8. The molecule has 4 nitrogen and oxygen atoms in total. The van der Waals surface area contributed by atoms with Crippen molar-refractivity contribution in [3.63, 3.8) is 0 Å². The lowest BCUT2D eigenvalue weighted by Crippen LogP contribution is -2.23. The highest BCUT2D eigenvalue weighted by atomic mass is 15.1. The topological polar surface area (TPSA) is 41.0 Å². The van der Waals surface area contributed by atoms with Gasteiger partial charge in [0.1, 0.15) is 5.82 Å². The Bertz CT molecular complexity index is 1290. The second kappa shape index (κ2) is 10.3. The Labute approximate surface area is 196 Å². The van der Waals surface area contributed by atoms with E-state index in [1.165, 1.54) is 11.1 Å². The molecule has 4 aromatic rings. The van der Waals surface area contributed by atoms with Gasteiger partial charge in [0.25, 0.3) is 0 Å². The molecule has 4 rings (SSSR count). The zero-order valence-corrected chi connectivity index (χ0v) is 19.8. The van der Waals surface area contributed by atoms with Crippen LogP contribution in [-0.2, 0) is 0 Å². The van der Waals surface area contributed by atoms with Crippen molar-refractivity contribution in [1.82, 2.24) is 14.9 Å². The highest BCUT2D eigenvalue weighted by Gasteiger charge is 2.12. The lowest BCUT2D eigenvalue weighted by atomic mass is 10.0. The molecule has 1 aromatic heterocycles. The van der Waals surface area contributed by atoms with Gasteiger partial charge in [-0.15, -0.1) is 0 Å². The summed E-state index contributed by atoms with van der Waals surface area (Å²) >= 11 is 0. The van der Waals surface area contributed by atoms with Gasteiger partial charge in [0.05, 0.1) is 5.52 Å². The molecule has 0 unspecified atom stereocenters. The molecule has 168 valence electrons. The van der Waals surface area contributed by atoms with Gasteiger partial charge >= 0.3 is 0 Å². The fraction of sp³-hybridized carbons (Fsp3) is 0.241. The van der Waals surface area contributed by atoms with Gasteiger partial charge in [0.2, 0.25) is 0 Å². The van der Waals surface area contributed by atoms with E-state index in [2.05, 4.69) is 92.2 Å². The quantitative estimate of drug-likeness (QED) is 0.278. The molecular weight excluding hydrogens is 404 g/mol. The summed E-state index contributed by atoms with van der Waals surface area (Å²) < 4.78 is 0. The summed E-state index contributed by atoms with van der Waals surface area (Å²) in [6, 6.07) is 22.7. The van der Waals surface area contributed by atoms with Crippen LogP contribution in [0.4, 0.5) is 5.82 Å². The number of hydrogen-bond donors (Lipinski definition) is 1. The highest BCUT2D eigenvalue weighted by molar-refractivity contribution is 5.97. The highest BCUT2D eigenvalue weighted by Crippen LogP contribution is 2.30. The van der Waals surface area contributed by atoms with E-state index in [-0.39, 0.29) is 0 Å². The lowest BCUT2D eigenvalue weighted by molar-refractivity contribution is 0.345. The maximum Gasteiger partial charge on any atom is 0.162 e. The summed E-state index contributed by atoms with van der Waals surface area (Å²) in [6.07, 6.45) is 4.35. The predicted molar refractivity (Wildman–Crippen MR) is 141 cm³/mol. The van der Waals surface area contributed by atoms with Gasteiger partial charge in [0.15, 0.2) is 5.82 Å². The molecule has 0 spiro atoms. The molecule has 4 heteroatoms. The number of anilines is 1. The molecule has 0 amide bonds. The summed E-state index contributed by atoms with van der Waals surface area (Å²) in [5.41, 5.74) is 3.96. The van der Waals surface area contributed by atoms with E-state index in [0.717, 1.165) is 59.3 Å². The third-order valence-corrected chi connectivity index (χ3v) is 5.78. The van der Waals surface area contributed by atoms with Crippen LogP contribution in [0.3, 0.4) is 0 Å². The number of benzene rings is 3. The van der Waals surface area contributed by atoms with Crippen molar-refractivity contribution < 1.29 is 0 Å². The van der Waals surface area contributed by atoms with Gasteiger partial charge in [-0.2, -0.15) is 0 Å². The van der Waals surface area contributed by atoms with Crippen LogP contribution in [0.1, 0.15) is 33.6 Å². The Kier molecular flexibility index (Phi) is 7.04. The Morgan fingerprint density at radius 3 is 2.30 bits per heavy atom. The average molecular weight is 437 g/mol. The van der Waals surface area contributed by atoms with E-state index < -0.39 is 0 Å². The van der Waals surface area contributed by atoms with Gasteiger partial charge in [-0.25, -0.2) is 9.97 Å². The Morgan fingerprint density at radius 2 is 1.55 bits per heavy atom. The smallest absolute Gasteiger partial charge is 0.162 e. The molecule has 0 atom stereocenters. The van der Waals surface area contributed by atoms with Crippen molar-refractivity contribution >= 4 is 27.5 Å². The standard InChI is InChI=1S/C29H32N4/c1-5-18-33(19-6-2)22(4)20-21(3)30-29-26-15-9-10-17-27(26)31-28(32-29)25-16-11-13-23-12-7-8-14-24(23)25/h7-17,20H,3,5-6,18-19H2,1-2,4H3,(H,30,31,32)/b22-20-. The number of aromatic nitrogens is 2. The van der Waals surface area contributed by atoms with Gasteiger partial charge in [-0.3, -0.25) is 0 Å². The minimum absolute atomic E-state index is 0.708. The first-order chi connectivity index (χ1) is 16.1. The zero-order chi connectivity index (χ0) is 23.2. The molecule has 1 N–H and O–H groups in total. The maximum atomic E-state index is 4.96. The van der Waals surface area contributed by atoms with E-state index in [9.17, 15) is 0 Å². The summed E-state index contributed by atoms with van der Waals surface area (Å²) in [4.78, 5) is 12.3. The molecule has 0 radical (unpaired) electrons. The molecule has 1 heterocycles. The number of nitrogens with one attached hydrogen (secondary N) is 1. The Morgan fingerprint density at radius 1 is 0.879 bits per heavy atom. The molecule has 0 fully saturated rings. The molecule has 0 aliphatic carbocycles. The van der Waals surface area contributed by atoms with Crippen LogP contribution < -0.4 is 5.32 Å². The third-order valence-electron chi connectivity index (χ3n) is 5.78. The first-order valence-corrected chi connectivity index (χ1v) is 11.7. The van der Waals surface area contributed by atoms with E-state index in [4.69, 9.17) is 9.97 Å². The van der Waals surface area contributed by atoms with Gasteiger partial charge in [-0.1, -0.05) is 75.0 Å². The molecule has 33 heavy (non-hydrogen) atoms. The molecule has 3 aromatic carbocycles. The second-order valence-corrected chi connectivity index (χ2v) is 8.36. The summed E-state index contributed by atoms with van der Waals surface area (Å²) in [5.74, 6) is 1.48. The number of allylic oxidation sites excluding steroid dienone is 2. The fourth-order valence-electron chi connectivity index (χ4n) is 4.25. The number of para-hydroxylation sites is 1. The minimum Gasteiger partial charge on any atom is -0.375 e. The number of hydrogen-bond acceptors (Lipinski definition) is 4. The largest absolute Gasteiger partial charge is 0.375 e. The maximum absolute atomic E-state index is 4.96. The third kappa shape index (κ3) is 5.06. The molecule has 0 saturated carbocycles. The number of nitrogens with zero attached hydrogens (tertiary/aromatic N) is 3. The normalized spacial score (nSPS) is 11.7. The van der Waals surface area contributed by atoms with E-state index in [1.807, 2.05) is 18.2 Å². The molecule has 0 aliphatic heterocycles. The van der Waals surface area contributed by atoms with Crippen LogP contribution >= 0.6 is 0 Å². The first-order valence-electron chi connectivity index (χ1n) is 11.7. The van der Waals surface area contributed by atoms with Gasteiger partial charge in [0, 0.05) is 35.4 Å². The number of fused-ring (bicyclic) bond motifs is 2. The van der Waals surface area contributed by atoms with Crippen molar-refractivity contribution in [3.05, 3.63) is 90.8 Å². The molecule has 0 saturated heterocycles. The van der Waals surface area contributed by atoms with Crippen LogP contribution in [0.25, 0.3) is 33.1 Å². The Hall–Kier alpha value is -3.66. The second-order valence-electron chi connectivity index (χ2n) is 8.36. The van der Waals surface area contributed by atoms with E-state index in [0.29, 0.717) is 5.82 Å². The summed E-state index contributed by atoms with van der Waals surface area (Å²) in [5, 5.41) is 6.76. The predicted octanol–water partition coefficient (Wildman–Crippen LogP) is 7.40. The van der Waals surface area contributed by atoms with Crippen LogP contribution in [0.15, 0.2) is 90.8 Å². The first kappa shape index (κ1) is 22.5. The van der Waals surface area contributed by atoms with Crippen molar-refractivity contribution in [3.8, 4) is 11.4 Å². The van der Waals surface area contributed by atoms with Crippen LogP contribution in [0.2, 0.25) is 0 Å². The lowest BCUT2D eigenvalue weighted by Gasteiger charge is -2.24. The average Bonchev–Trinajstić information content (AvgIpc) is 2.83. The van der Waals surface area contributed by atoms with Gasteiger partial charge in [-0.05, 0) is 48.7 Å². The molecule has 0 bridgehead atoms. The monoisotopic (exact) mass is 436 g/mol.